The molecule has 0 saturated carbocycles. The fourth-order valence-corrected chi connectivity index (χ4v) is 0.989. The highest BCUT2D eigenvalue weighted by atomic mass is 16.5. The van der Waals surface area contributed by atoms with Gasteiger partial charge in [-0.3, -0.25) is 0 Å². The van der Waals surface area contributed by atoms with Gasteiger partial charge in [-0.15, -0.1) is 0 Å². The topological polar surface area (TPSA) is 42.1 Å². The van der Waals surface area contributed by atoms with Gasteiger partial charge in [-0.2, -0.15) is 0 Å². The van der Waals surface area contributed by atoms with Crippen molar-refractivity contribution in [3.8, 4) is 0 Å². The summed E-state index contributed by atoms with van der Waals surface area (Å²) in [7, 11) is 1.38. The molecular formula is C8H11NO2. The Morgan fingerprint density at radius 3 is 2.91 bits per heavy atom. The van der Waals surface area contributed by atoms with Gasteiger partial charge in [-0.1, -0.05) is 6.92 Å². The molecule has 0 aliphatic heterocycles. The van der Waals surface area contributed by atoms with Crippen LogP contribution in [0.3, 0.4) is 0 Å². The number of methoxy groups -OCH3 is 1. The second-order valence-corrected chi connectivity index (χ2v) is 2.24. The minimum atomic E-state index is -0.275. The van der Waals surface area contributed by atoms with E-state index in [1.54, 1.807) is 6.20 Å². The molecule has 0 aromatic carbocycles. The molecule has 0 atom stereocenters. The lowest BCUT2D eigenvalue weighted by molar-refractivity contribution is 0.0600. The minimum absolute atomic E-state index is 0.275. The highest BCUT2D eigenvalue weighted by molar-refractivity contribution is 5.90. The predicted octanol–water partition coefficient (Wildman–Crippen LogP) is 1.36. The van der Waals surface area contributed by atoms with Crippen LogP contribution in [0.25, 0.3) is 0 Å². The van der Waals surface area contributed by atoms with Gasteiger partial charge in [-0.25, -0.2) is 4.79 Å². The molecule has 1 rings (SSSR count). The summed E-state index contributed by atoms with van der Waals surface area (Å²) in [6, 6.07) is 0. The zero-order valence-electron chi connectivity index (χ0n) is 6.68. The molecule has 1 heterocycles. The molecule has 0 radical (unpaired) electrons. The summed E-state index contributed by atoms with van der Waals surface area (Å²) in [5, 5.41) is 0. The molecule has 0 aliphatic carbocycles. The molecule has 0 saturated heterocycles. The van der Waals surface area contributed by atoms with Crippen LogP contribution < -0.4 is 0 Å². The molecule has 11 heavy (non-hydrogen) atoms. The van der Waals surface area contributed by atoms with Crippen molar-refractivity contribution in [3.05, 3.63) is 23.5 Å². The summed E-state index contributed by atoms with van der Waals surface area (Å²) in [5.74, 6) is -0.275. The molecule has 60 valence electrons. The first kappa shape index (κ1) is 7.85. The van der Waals surface area contributed by atoms with Crippen molar-refractivity contribution in [2.24, 2.45) is 0 Å². The van der Waals surface area contributed by atoms with E-state index < -0.39 is 0 Å². The van der Waals surface area contributed by atoms with Crippen LogP contribution in [0, 0.1) is 0 Å². The first-order valence-electron chi connectivity index (χ1n) is 3.53. The van der Waals surface area contributed by atoms with Gasteiger partial charge in [0.1, 0.15) is 0 Å². The van der Waals surface area contributed by atoms with Gasteiger partial charge < -0.3 is 9.72 Å². The summed E-state index contributed by atoms with van der Waals surface area (Å²) in [6.07, 6.45) is 4.31. The highest BCUT2D eigenvalue weighted by Gasteiger charge is 2.09. The van der Waals surface area contributed by atoms with Crippen LogP contribution in [0.1, 0.15) is 22.8 Å². The van der Waals surface area contributed by atoms with Crippen molar-refractivity contribution in [2.75, 3.05) is 7.11 Å². The van der Waals surface area contributed by atoms with Gasteiger partial charge in [-0.05, 0) is 12.0 Å². The van der Waals surface area contributed by atoms with E-state index in [9.17, 15) is 4.79 Å². The van der Waals surface area contributed by atoms with Crippen LogP contribution in [-0.2, 0) is 11.2 Å². The number of esters is 1. The van der Waals surface area contributed by atoms with E-state index in [2.05, 4.69) is 9.72 Å². The van der Waals surface area contributed by atoms with Crippen LogP contribution in [-0.4, -0.2) is 18.1 Å². The average molecular weight is 153 g/mol. The van der Waals surface area contributed by atoms with Gasteiger partial charge in [0.15, 0.2) is 0 Å². The van der Waals surface area contributed by atoms with Crippen LogP contribution in [0.4, 0.5) is 0 Å². The smallest absolute Gasteiger partial charge is 0.339 e. The molecule has 0 fully saturated rings. The Bertz CT molecular complexity index is 252. The summed E-state index contributed by atoms with van der Waals surface area (Å²) in [6.45, 7) is 2.00. The molecule has 0 aliphatic rings. The summed E-state index contributed by atoms with van der Waals surface area (Å²) < 4.78 is 4.58. The highest BCUT2D eigenvalue weighted by Crippen LogP contribution is 2.09. The van der Waals surface area contributed by atoms with Crippen molar-refractivity contribution in [2.45, 2.75) is 13.3 Å². The Morgan fingerprint density at radius 1 is 1.64 bits per heavy atom. The third-order valence-corrected chi connectivity index (χ3v) is 1.62. The number of aryl methyl sites for hydroxylation is 1. The number of hydrogen-bond donors (Lipinski definition) is 1. The normalized spacial score (nSPS) is 9.64. The average Bonchev–Trinajstić information content (AvgIpc) is 2.50. The van der Waals surface area contributed by atoms with Crippen molar-refractivity contribution >= 4 is 5.97 Å². The molecule has 3 nitrogen and oxygen atoms in total. The van der Waals surface area contributed by atoms with Gasteiger partial charge >= 0.3 is 5.97 Å². The van der Waals surface area contributed by atoms with Crippen molar-refractivity contribution in [1.82, 2.24) is 4.98 Å². The predicted molar refractivity (Wildman–Crippen MR) is 41.5 cm³/mol. The summed E-state index contributed by atoms with van der Waals surface area (Å²) in [4.78, 5) is 13.9. The van der Waals surface area contributed by atoms with E-state index in [1.165, 1.54) is 7.11 Å². The zero-order valence-corrected chi connectivity index (χ0v) is 6.68. The third-order valence-electron chi connectivity index (χ3n) is 1.62. The van der Waals surface area contributed by atoms with E-state index in [-0.39, 0.29) is 5.97 Å². The summed E-state index contributed by atoms with van der Waals surface area (Å²) in [5.41, 5.74) is 1.63. The number of nitrogens with one attached hydrogen (secondary N) is 1. The van der Waals surface area contributed by atoms with Gasteiger partial charge in [0.25, 0.3) is 0 Å². The van der Waals surface area contributed by atoms with Crippen LogP contribution >= 0.6 is 0 Å². The minimum Gasteiger partial charge on any atom is -0.465 e. The second kappa shape index (κ2) is 3.23. The van der Waals surface area contributed by atoms with Gasteiger partial charge in [0.2, 0.25) is 0 Å². The van der Waals surface area contributed by atoms with Crippen molar-refractivity contribution < 1.29 is 9.53 Å². The number of ether oxygens (including phenoxy) is 1. The lowest BCUT2D eigenvalue weighted by atomic mass is 10.1. The van der Waals surface area contributed by atoms with E-state index >= 15 is 0 Å². The second-order valence-electron chi connectivity index (χ2n) is 2.24. The molecule has 1 N–H and O–H groups in total. The first-order chi connectivity index (χ1) is 5.29. The maximum Gasteiger partial charge on any atom is 0.339 e. The Morgan fingerprint density at radius 2 is 2.36 bits per heavy atom. The van der Waals surface area contributed by atoms with Crippen LogP contribution in [0.2, 0.25) is 0 Å². The largest absolute Gasteiger partial charge is 0.465 e. The lowest BCUT2D eigenvalue weighted by Gasteiger charge is -1.97. The molecule has 3 heteroatoms. The molecule has 0 bridgehead atoms. The Balaban J connectivity index is 2.92. The van der Waals surface area contributed by atoms with E-state index in [0.717, 1.165) is 12.0 Å². The number of carbonyl (C=O) groups is 1. The maximum absolute atomic E-state index is 11.0. The van der Waals surface area contributed by atoms with Crippen LogP contribution in [0.5, 0.6) is 0 Å². The van der Waals surface area contributed by atoms with E-state index in [0.29, 0.717) is 5.56 Å². The lowest BCUT2D eigenvalue weighted by Crippen LogP contribution is -2.01. The van der Waals surface area contributed by atoms with Gasteiger partial charge in [0.05, 0.1) is 12.7 Å². The number of H-pyrrole nitrogens is 1. The number of carbonyl (C=O) groups excluding carboxylic acids is 1. The van der Waals surface area contributed by atoms with Gasteiger partial charge in [0, 0.05) is 12.4 Å². The molecule has 1 aromatic rings. The monoisotopic (exact) mass is 153 g/mol. The molecule has 0 unspecified atom stereocenters. The van der Waals surface area contributed by atoms with Crippen molar-refractivity contribution in [3.63, 3.8) is 0 Å². The number of aromatic nitrogens is 1. The van der Waals surface area contributed by atoms with Crippen LogP contribution in [0.15, 0.2) is 12.4 Å². The maximum atomic E-state index is 11.0. The molecular weight excluding hydrogens is 142 g/mol. The van der Waals surface area contributed by atoms with E-state index in [1.807, 2.05) is 13.1 Å². The molecule has 0 spiro atoms. The van der Waals surface area contributed by atoms with E-state index in [4.69, 9.17) is 0 Å². The fourth-order valence-electron chi connectivity index (χ4n) is 0.989. The molecule has 1 aromatic heterocycles. The number of rotatable bonds is 2. The summed E-state index contributed by atoms with van der Waals surface area (Å²) >= 11 is 0. The van der Waals surface area contributed by atoms with Crippen molar-refractivity contribution in [1.29, 1.82) is 0 Å². The SMILES string of the molecule is CCc1c[nH]cc1C(=O)OC. The Hall–Kier alpha value is -1.25. The third kappa shape index (κ3) is 1.42. The standard InChI is InChI=1S/C8H11NO2/c1-3-6-4-9-5-7(6)8(10)11-2/h4-5,9H,3H2,1-2H3. The first-order valence-corrected chi connectivity index (χ1v) is 3.53. The Labute approximate surface area is 65.4 Å². The number of hydrogen-bond acceptors (Lipinski definition) is 2. The number of aromatic amines is 1. The fraction of sp³-hybridized carbons (Fsp3) is 0.375. The zero-order chi connectivity index (χ0) is 8.27. The Kier molecular flexibility index (Phi) is 2.31. The molecule has 0 amide bonds. The quantitative estimate of drug-likeness (QED) is 0.652.